The van der Waals surface area contributed by atoms with E-state index in [-0.39, 0.29) is 24.9 Å². The normalized spacial score (nSPS) is 17.9. The quantitative estimate of drug-likeness (QED) is 0.467. The summed E-state index contributed by atoms with van der Waals surface area (Å²) in [6.45, 7) is 6.58. The van der Waals surface area contributed by atoms with Crippen LogP contribution < -0.4 is 10.2 Å². The van der Waals surface area contributed by atoms with Crippen LogP contribution in [0.4, 0.5) is 5.69 Å². The maximum absolute atomic E-state index is 14.1. The number of rotatable bonds is 7. The molecule has 9 heteroatoms. The Bertz CT molecular complexity index is 1290. The molecule has 0 spiro atoms. The molecular weight excluding hydrogens is 480 g/mol. The fourth-order valence-corrected chi connectivity index (χ4v) is 4.59. The number of nitrogens with one attached hydrogen (secondary N) is 1. The van der Waals surface area contributed by atoms with Gasteiger partial charge in [0.2, 0.25) is 5.91 Å². The van der Waals surface area contributed by atoms with Crippen LogP contribution in [0.5, 0.6) is 0 Å². The molecule has 1 fully saturated rings. The number of hydrogen-bond donors (Lipinski definition) is 2. The van der Waals surface area contributed by atoms with E-state index < -0.39 is 30.0 Å². The lowest BCUT2D eigenvalue weighted by Crippen LogP contribution is -2.50. The summed E-state index contributed by atoms with van der Waals surface area (Å²) < 4.78 is 0. The highest BCUT2D eigenvalue weighted by molar-refractivity contribution is 6.04. The highest BCUT2D eigenvalue weighted by atomic mass is 16.3. The van der Waals surface area contributed by atoms with Gasteiger partial charge in [0.05, 0.1) is 12.6 Å². The first-order chi connectivity index (χ1) is 18.2. The van der Waals surface area contributed by atoms with Gasteiger partial charge in [-0.3, -0.25) is 29.4 Å². The van der Waals surface area contributed by atoms with Crippen molar-refractivity contribution in [2.45, 2.75) is 57.3 Å². The molecule has 1 saturated heterocycles. The maximum Gasteiger partial charge on any atom is 0.251 e. The second-order valence-electron chi connectivity index (χ2n) is 10.4. The third kappa shape index (κ3) is 5.98. The van der Waals surface area contributed by atoms with E-state index in [4.69, 9.17) is 0 Å². The number of carbonyl (C=O) groups excluding carboxylic acids is 2. The number of aliphatic hydroxyl groups excluding tert-OH is 1. The number of aromatic nitrogens is 2. The molecular formula is C29H32N6O3. The van der Waals surface area contributed by atoms with Gasteiger partial charge in [0, 0.05) is 49.0 Å². The number of β-amino-alcohol motifs (C(OH)–C–C–N with tert-alkyl or cyclic N) is 1. The Labute approximate surface area is 222 Å². The van der Waals surface area contributed by atoms with E-state index in [0.29, 0.717) is 11.3 Å². The average molecular weight is 513 g/mol. The van der Waals surface area contributed by atoms with E-state index in [1.165, 1.54) is 9.80 Å². The van der Waals surface area contributed by atoms with E-state index in [0.717, 1.165) is 11.1 Å². The van der Waals surface area contributed by atoms with Gasteiger partial charge in [0.25, 0.3) is 5.91 Å². The first-order valence-corrected chi connectivity index (χ1v) is 12.5. The number of anilines is 1. The third-order valence-electron chi connectivity index (χ3n) is 6.64. The summed E-state index contributed by atoms with van der Waals surface area (Å²) in [5, 5.41) is 22.8. The SMILES string of the molecule is CC(C)(C)c1ccc(N(C(=O)[C@H]2C[C@@H](O)CN2C#N)C(C(=O)NCc2cccnc2)c2cccnc2)cc1. The van der Waals surface area contributed by atoms with Crippen molar-refractivity contribution in [3.8, 4) is 6.19 Å². The maximum atomic E-state index is 14.1. The molecule has 0 saturated carbocycles. The van der Waals surface area contributed by atoms with Gasteiger partial charge in [-0.15, -0.1) is 0 Å². The number of benzene rings is 1. The van der Waals surface area contributed by atoms with E-state index in [1.807, 2.05) is 36.5 Å². The van der Waals surface area contributed by atoms with Crippen molar-refractivity contribution in [2.24, 2.45) is 0 Å². The molecule has 2 amide bonds. The van der Waals surface area contributed by atoms with E-state index in [2.05, 4.69) is 36.1 Å². The number of amides is 2. The Balaban J connectivity index is 1.78. The van der Waals surface area contributed by atoms with Crippen molar-refractivity contribution < 1.29 is 14.7 Å². The zero-order chi connectivity index (χ0) is 27.3. The Morgan fingerprint density at radius 2 is 1.82 bits per heavy atom. The summed E-state index contributed by atoms with van der Waals surface area (Å²) in [4.78, 5) is 39.0. The summed E-state index contributed by atoms with van der Waals surface area (Å²) in [6.07, 6.45) is 7.78. The molecule has 1 aliphatic heterocycles. The van der Waals surface area contributed by atoms with Gasteiger partial charge in [-0.1, -0.05) is 45.0 Å². The lowest BCUT2D eigenvalue weighted by molar-refractivity contribution is -0.128. The number of nitrogens with zero attached hydrogens (tertiary/aromatic N) is 5. The van der Waals surface area contributed by atoms with Crippen LogP contribution in [0, 0.1) is 11.5 Å². The smallest absolute Gasteiger partial charge is 0.251 e. The van der Waals surface area contributed by atoms with Crippen LogP contribution in [0.15, 0.2) is 73.3 Å². The molecule has 3 aromatic rings. The minimum absolute atomic E-state index is 0.0640. The molecule has 0 bridgehead atoms. The van der Waals surface area contributed by atoms with Crippen LogP contribution in [0.2, 0.25) is 0 Å². The largest absolute Gasteiger partial charge is 0.391 e. The molecule has 38 heavy (non-hydrogen) atoms. The second kappa shape index (κ2) is 11.4. The Hall–Kier alpha value is -4.29. The topological polar surface area (TPSA) is 122 Å². The standard InChI is InChI=1S/C29H32N6O3/c1-29(2,3)22-8-10-23(11-9-22)35(28(38)25-14-24(36)18-34(25)19-30)26(21-7-5-13-32-17-21)27(37)33-16-20-6-4-12-31-15-20/h4-13,15,17,24-26,36H,14,16,18H2,1-3H3,(H,33,37)/t24-,25-,26?/m1/s1. The van der Waals surface area contributed by atoms with Crippen LogP contribution in [0.3, 0.4) is 0 Å². The van der Waals surface area contributed by atoms with Crippen LogP contribution in [-0.4, -0.2) is 50.5 Å². The highest BCUT2D eigenvalue weighted by Gasteiger charge is 2.42. The third-order valence-corrected chi connectivity index (χ3v) is 6.64. The predicted molar refractivity (Wildman–Crippen MR) is 142 cm³/mol. The van der Waals surface area contributed by atoms with Gasteiger partial charge in [-0.25, -0.2) is 0 Å². The van der Waals surface area contributed by atoms with Gasteiger partial charge >= 0.3 is 0 Å². The molecule has 2 N–H and O–H groups in total. The Morgan fingerprint density at radius 3 is 2.39 bits per heavy atom. The monoisotopic (exact) mass is 512 g/mol. The Kier molecular flexibility index (Phi) is 8.03. The van der Waals surface area contributed by atoms with Gasteiger partial charge in [0.1, 0.15) is 12.1 Å². The zero-order valence-electron chi connectivity index (χ0n) is 21.8. The molecule has 1 unspecified atom stereocenters. The molecule has 1 aliphatic rings. The van der Waals surface area contributed by atoms with Gasteiger partial charge < -0.3 is 10.4 Å². The molecule has 3 heterocycles. The minimum atomic E-state index is -1.06. The molecule has 196 valence electrons. The van der Waals surface area contributed by atoms with Crippen LogP contribution in [0.25, 0.3) is 0 Å². The number of aliphatic hydroxyl groups is 1. The molecule has 2 aromatic heterocycles. The fourth-order valence-electron chi connectivity index (χ4n) is 4.59. The van der Waals surface area contributed by atoms with Crippen molar-refractivity contribution in [1.82, 2.24) is 20.2 Å². The molecule has 9 nitrogen and oxygen atoms in total. The van der Waals surface area contributed by atoms with E-state index in [1.54, 1.807) is 43.0 Å². The number of hydrogen-bond acceptors (Lipinski definition) is 7. The Morgan fingerprint density at radius 1 is 1.13 bits per heavy atom. The zero-order valence-corrected chi connectivity index (χ0v) is 21.8. The van der Waals surface area contributed by atoms with Crippen LogP contribution in [0.1, 0.15) is 49.9 Å². The highest BCUT2D eigenvalue weighted by Crippen LogP contribution is 2.33. The van der Waals surface area contributed by atoms with Crippen molar-refractivity contribution in [3.05, 3.63) is 90.0 Å². The molecule has 0 radical (unpaired) electrons. The summed E-state index contributed by atoms with van der Waals surface area (Å²) in [5.41, 5.74) is 2.80. The van der Waals surface area contributed by atoms with Crippen molar-refractivity contribution in [1.29, 1.82) is 5.26 Å². The average Bonchev–Trinajstić information content (AvgIpc) is 3.31. The van der Waals surface area contributed by atoms with Crippen molar-refractivity contribution >= 4 is 17.5 Å². The first-order valence-electron chi connectivity index (χ1n) is 12.5. The predicted octanol–water partition coefficient (Wildman–Crippen LogP) is 3.08. The van der Waals surface area contributed by atoms with Gasteiger partial charge in [-0.05, 0) is 40.8 Å². The first kappa shape index (κ1) is 26.8. The van der Waals surface area contributed by atoms with Gasteiger partial charge in [0.15, 0.2) is 6.19 Å². The molecule has 3 atom stereocenters. The van der Waals surface area contributed by atoms with Gasteiger partial charge in [-0.2, -0.15) is 5.26 Å². The number of pyridine rings is 2. The summed E-state index contributed by atoms with van der Waals surface area (Å²) >= 11 is 0. The number of nitriles is 1. The van der Waals surface area contributed by atoms with Crippen molar-refractivity contribution in [2.75, 3.05) is 11.4 Å². The molecule has 4 rings (SSSR count). The number of carbonyl (C=O) groups is 2. The summed E-state index contributed by atoms with van der Waals surface area (Å²) in [5.74, 6) is -0.853. The van der Waals surface area contributed by atoms with E-state index >= 15 is 0 Å². The molecule has 1 aromatic carbocycles. The molecule has 0 aliphatic carbocycles. The summed E-state index contributed by atoms with van der Waals surface area (Å²) in [7, 11) is 0. The van der Waals surface area contributed by atoms with Crippen LogP contribution in [-0.2, 0) is 21.5 Å². The minimum Gasteiger partial charge on any atom is -0.391 e. The fraction of sp³-hybridized carbons (Fsp3) is 0.345. The second-order valence-corrected chi connectivity index (χ2v) is 10.4. The lowest BCUT2D eigenvalue weighted by Gasteiger charge is -2.34. The summed E-state index contributed by atoms with van der Waals surface area (Å²) in [6, 6.07) is 12.6. The number of likely N-dealkylation sites (tertiary alicyclic amines) is 1. The van der Waals surface area contributed by atoms with Crippen molar-refractivity contribution in [3.63, 3.8) is 0 Å². The van der Waals surface area contributed by atoms with Crippen LogP contribution >= 0.6 is 0 Å². The lowest BCUT2D eigenvalue weighted by atomic mass is 9.87. The van der Waals surface area contributed by atoms with E-state index in [9.17, 15) is 20.0 Å².